The molecular formula is C27H25FO. The lowest BCUT2D eigenvalue weighted by Crippen LogP contribution is -2.19. The van der Waals surface area contributed by atoms with Gasteiger partial charge in [0.1, 0.15) is 5.82 Å². The lowest BCUT2D eigenvalue weighted by molar-refractivity contribution is 0.0934. The zero-order valence-corrected chi connectivity index (χ0v) is 16.9. The van der Waals surface area contributed by atoms with Crippen molar-refractivity contribution >= 4 is 11.4 Å². The number of Topliss-reactive ketones (excluding diaryl/α,β-unsaturated/α-hetero) is 1. The molecule has 0 aliphatic heterocycles. The van der Waals surface area contributed by atoms with E-state index < -0.39 is 0 Å². The van der Waals surface area contributed by atoms with E-state index in [2.05, 4.69) is 62.4 Å². The summed E-state index contributed by atoms with van der Waals surface area (Å²) in [6.45, 7) is 4.22. The molecule has 2 atom stereocenters. The van der Waals surface area contributed by atoms with E-state index in [4.69, 9.17) is 0 Å². The van der Waals surface area contributed by atoms with Crippen molar-refractivity contribution in [1.29, 1.82) is 0 Å². The Kier molecular flexibility index (Phi) is 5.44. The number of ketones is 1. The molecule has 29 heavy (non-hydrogen) atoms. The molecule has 0 heterocycles. The van der Waals surface area contributed by atoms with E-state index >= 15 is 0 Å². The van der Waals surface area contributed by atoms with Gasteiger partial charge in [0.05, 0.1) is 0 Å². The van der Waals surface area contributed by atoms with Gasteiger partial charge in [-0.05, 0) is 54.2 Å². The second-order valence-electron chi connectivity index (χ2n) is 7.82. The molecule has 1 aliphatic carbocycles. The summed E-state index contributed by atoms with van der Waals surface area (Å²) >= 11 is 0. The van der Waals surface area contributed by atoms with Crippen LogP contribution in [0.25, 0.3) is 5.57 Å². The molecule has 1 aliphatic rings. The van der Waals surface area contributed by atoms with Crippen molar-refractivity contribution < 1.29 is 9.18 Å². The smallest absolute Gasteiger partial charge is 0.170 e. The minimum atomic E-state index is -0.373. The predicted molar refractivity (Wildman–Crippen MR) is 117 cm³/mol. The molecule has 1 nitrogen and oxygen atoms in total. The zero-order valence-electron chi connectivity index (χ0n) is 16.9. The molecule has 0 radical (unpaired) electrons. The number of carbonyl (C=O) groups excluding carboxylic acids is 1. The van der Waals surface area contributed by atoms with Gasteiger partial charge in [0.2, 0.25) is 0 Å². The van der Waals surface area contributed by atoms with Crippen LogP contribution in [0, 0.1) is 18.7 Å². The van der Waals surface area contributed by atoms with Gasteiger partial charge in [0.15, 0.2) is 5.78 Å². The van der Waals surface area contributed by atoms with Crippen LogP contribution in [0.5, 0.6) is 0 Å². The molecule has 2 unspecified atom stereocenters. The summed E-state index contributed by atoms with van der Waals surface area (Å²) in [5.74, 6) is -0.608. The number of carbonyl (C=O) groups is 1. The molecule has 3 aromatic rings. The van der Waals surface area contributed by atoms with Crippen LogP contribution in [0.3, 0.4) is 0 Å². The zero-order chi connectivity index (χ0) is 20.4. The van der Waals surface area contributed by atoms with Crippen LogP contribution in [-0.4, -0.2) is 5.78 Å². The lowest BCUT2D eigenvalue weighted by atomic mass is 9.81. The van der Waals surface area contributed by atoms with Crippen LogP contribution >= 0.6 is 0 Å². The van der Waals surface area contributed by atoms with E-state index in [1.165, 1.54) is 34.4 Å². The summed E-state index contributed by atoms with van der Waals surface area (Å²) in [7, 11) is 0. The second-order valence-corrected chi connectivity index (χ2v) is 7.82. The fourth-order valence-corrected chi connectivity index (χ4v) is 4.36. The highest BCUT2D eigenvalue weighted by Crippen LogP contribution is 2.45. The minimum absolute atomic E-state index is 0.0116. The quantitative estimate of drug-likeness (QED) is 0.444. The van der Waals surface area contributed by atoms with Crippen molar-refractivity contribution in [3.8, 4) is 0 Å². The van der Waals surface area contributed by atoms with Crippen LogP contribution in [-0.2, 0) is 6.42 Å². The number of benzene rings is 3. The second kappa shape index (κ2) is 8.16. The van der Waals surface area contributed by atoms with E-state index in [-0.39, 0.29) is 23.4 Å². The first kappa shape index (κ1) is 19.3. The van der Waals surface area contributed by atoms with Gasteiger partial charge < -0.3 is 0 Å². The summed E-state index contributed by atoms with van der Waals surface area (Å²) in [5, 5.41) is 0. The molecule has 0 bridgehead atoms. The van der Waals surface area contributed by atoms with Crippen molar-refractivity contribution in [3.63, 3.8) is 0 Å². The standard InChI is InChI=1S/C27H25FO/c1-3-19-7-4-5-10-24(19)25-16-22(20-13-11-18(2)12-14-20)17-26(25)27(29)21-8-6-9-23(28)15-21/h4-15,17,25-26H,3,16H2,1-2H3. The van der Waals surface area contributed by atoms with Gasteiger partial charge in [0, 0.05) is 17.4 Å². The Bertz CT molecular complexity index is 1060. The van der Waals surface area contributed by atoms with Gasteiger partial charge in [-0.1, -0.05) is 79.2 Å². The van der Waals surface area contributed by atoms with Gasteiger partial charge in [-0.3, -0.25) is 4.79 Å². The van der Waals surface area contributed by atoms with Gasteiger partial charge in [-0.25, -0.2) is 4.39 Å². The normalized spacial score (nSPS) is 18.5. The molecule has 3 aromatic carbocycles. The van der Waals surface area contributed by atoms with Gasteiger partial charge >= 0.3 is 0 Å². The Morgan fingerprint density at radius 2 is 1.76 bits per heavy atom. The molecule has 0 fully saturated rings. The van der Waals surface area contributed by atoms with Gasteiger partial charge in [-0.15, -0.1) is 0 Å². The van der Waals surface area contributed by atoms with E-state index in [0.29, 0.717) is 5.56 Å². The summed E-state index contributed by atoms with van der Waals surface area (Å²) in [6.07, 6.45) is 3.84. The molecule has 0 amide bonds. The van der Waals surface area contributed by atoms with Gasteiger partial charge in [0.25, 0.3) is 0 Å². The first-order valence-electron chi connectivity index (χ1n) is 10.2. The van der Waals surface area contributed by atoms with Crippen molar-refractivity contribution in [3.05, 3.63) is 113 Å². The molecule has 146 valence electrons. The molecule has 2 heteroatoms. The Morgan fingerprint density at radius 1 is 1.00 bits per heavy atom. The maximum atomic E-state index is 13.8. The largest absolute Gasteiger partial charge is 0.293 e. The van der Waals surface area contributed by atoms with Crippen LogP contribution in [0.1, 0.15) is 51.9 Å². The third kappa shape index (κ3) is 3.93. The van der Waals surface area contributed by atoms with E-state index in [1.807, 2.05) is 6.07 Å². The maximum absolute atomic E-state index is 13.8. The molecule has 0 aromatic heterocycles. The van der Waals surface area contributed by atoms with Crippen molar-refractivity contribution in [2.45, 2.75) is 32.6 Å². The lowest BCUT2D eigenvalue weighted by Gasteiger charge is -2.22. The summed E-state index contributed by atoms with van der Waals surface area (Å²) in [4.78, 5) is 13.4. The van der Waals surface area contributed by atoms with Crippen molar-refractivity contribution in [2.24, 2.45) is 5.92 Å². The summed E-state index contributed by atoms with van der Waals surface area (Å²) in [5.41, 5.74) is 6.50. The molecule has 0 saturated heterocycles. The number of hydrogen-bond acceptors (Lipinski definition) is 1. The molecule has 0 spiro atoms. The maximum Gasteiger partial charge on any atom is 0.170 e. The first-order chi connectivity index (χ1) is 14.1. The van der Waals surface area contributed by atoms with E-state index in [9.17, 15) is 9.18 Å². The number of hydrogen-bond donors (Lipinski definition) is 0. The monoisotopic (exact) mass is 384 g/mol. The fourth-order valence-electron chi connectivity index (χ4n) is 4.36. The summed E-state index contributed by atoms with van der Waals surface area (Å²) < 4.78 is 13.8. The topological polar surface area (TPSA) is 17.1 Å². The van der Waals surface area contributed by atoms with Gasteiger partial charge in [-0.2, -0.15) is 0 Å². The molecule has 4 rings (SSSR count). The van der Waals surface area contributed by atoms with E-state index in [1.54, 1.807) is 12.1 Å². The Morgan fingerprint density at radius 3 is 2.48 bits per heavy atom. The number of allylic oxidation sites excluding steroid dienone is 2. The Balaban J connectivity index is 1.77. The SMILES string of the molecule is CCc1ccccc1C1CC(c2ccc(C)cc2)=CC1C(=O)c1cccc(F)c1. The predicted octanol–water partition coefficient (Wildman–Crippen LogP) is 6.77. The first-order valence-corrected chi connectivity index (χ1v) is 10.2. The van der Waals surface area contributed by atoms with Crippen LogP contribution in [0.4, 0.5) is 4.39 Å². The van der Waals surface area contributed by atoms with Crippen LogP contribution in [0.15, 0.2) is 78.9 Å². The highest BCUT2D eigenvalue weighted by molar-refractivity contribution is 6.01. The van der Waals surface area contributed by atoms with Crippen molar-refractivity contribution in [1.82, 2.24) is 0 Å². The average molecular weight is 384 g/mol. The van der Waals surface area contributed by atoms with Crippen LogP contribution in [0.2, 0.25) is 0 Å². The highest BCUT2D eigenvalue weighted by atomic mass is 19.1. The summed E-state index contributed by atoms with van der Waals surface area (Å²) in [6, 6.07) is 22.9. The Labute approximate surface area is 171 Å². The Hall–Kier alpha value is -3.00. The van der Waals surface area contributed by atoms with Crippen molar-refractivity contribution in [2.75, 3.05) is 0 Å². The molecule has 0 N–H and O–H groups in total. The minimum Gasteiger partial charge on any atom is -0.293 e. The number of aryl methyl sites for hydroxylation is 2. The third-order valence-electron chi connectivity index (χ3n) is 5.92. The highest BCUT2D eigenvalue weighted by Gasteiger charge is 2.35. The molecule has 0 saturated carbocycles. The number of halogens is 1. The molecular weight excluding hydrogens is 359 g/mol. The average Bonchev–Trinajstić information content (AvgIpc) is 3.19. The van der Waals surface area contributed by atoms with Crippen LogP contribution < -0.4 is 0 Å². The number of rotatable bonds is 5. The van der Waals surface area contributed by atoms with E-state index in [0.717, 1.165) is 18.4 Å². The third-order valence-corrected chi connectivity index (χ3v) is 5.92. The fraction of sp³-hybridized carbons (Fsp3) is 0.222.